The van der Waals surface area contributed by atoms with E-state index in [0.29, 0.717) is 10.9 Å². The summed E-state index contributed by atoms with van der Waals surface area (Å²) in [5, 5.41) is 0.716. The van der Waals surface area contributed by atoms with E-state index in [1.807, 2.05) is 0 Å². The first-order valence-corrected chi connectivity index (χ1v) is 8.39. The third-order valence-corrected chi connectivity index (χ3v) is 4.78. The Labute approximate surface area is 137 Å². The van der Waals surface area contributed by atoms with E-state index in [2.05, 4.69) is 0 Å². The fourth-order valence-electron chi connectivity index (χ4n) is 2.14. The lowest BCUT2D eigenvalue weighted by Crippen LogP contribution is -2.10. The minimum Gasteiger partial charge on any atom is -0.423 e. The van der Waals surface area contributed by atoms with Crippen LogP contribution in [0, 0.1) is 6.92 Å². The molecule has 1 heterocycles. The van der Waals surface area contributed by atoms with E-state index in [-0.39, 0.29) is 21.3 Å². The summed E-state index contributed by atoms with van der Waals surface area (Å²) in [4.78, 5) is 11.5. The number of fused-ring (bicyclic) bond motifs is 1. The summed E-state index contributed by atoms with van der Waals surface area (Å²) >= 11 is 6.10. The second kappa shape index (κ2) is 5.72. The van der Waals surface area contributed by atoms with Gasteiger partial charge in [-0.05, 0) is 30.7 Å². The molecule has 0 amide bonds. The Bertz CT molecular complexity index is 1040. The zero-order valence-corrected chi connectivity index (χ0v) is 13.5. The molecule has 1 aromatic heterocycles. The number of hydrogen-bond donors (Lipinski definition) is 0. The first kappa shape index (κ1) is 15.6. The molecule has 5 nitrogen and oxygen atoms in total. The van der Waals surface area contributed by atoms with E-state index in [1.165, 1.54) is 30.3 Å². The molecule has 0 radical (unpaired) electrons. The molecule has 0 spiro atoms. The van der Waals surface area contributed by atoms with Gasteiger partial charge in [0.1, 0.15) is 10.5 Å². The molecule has 0 fully saturated rings. The molecule has 0 atom stereocenters. The lowest BCUT2D eigenvalue weighted by Gasteiger charge is -2.10. The van der Waals surface area contributed by atoms with Crippen LogP contribution < -0.4 is 9.81 Å². The third-order valence-electron chi connectivity index (χ3n) is 3.24. The van der Waals surface area contributed by atoms with Crippen molar-refractivity contribution in [1.82, 2.24) is 0 Å². The summed E-state index contributed by atoms with van der Waals surface area (Å²) in [6, 6.07) is 11.8. The maximum Gasteiger partial charge on any atom is 0.339 e. The van der Waals surface area contributed by atoms with Crippen molar-refractivity contribution in [3.8, 4) is 5.75 Å². The van der Waals surface area contributed by atoms with Gasteiger partial charge in [-0.2, -0.15) is 8.42 Å². The van der Waals surface area contributed by atoms with Gasteiger partial charge in [0.2, 0.25) is 0 Å². The maximum absolute atomic E-state index is 12.3. The number of rotatable bonds is 3. The number of aryl methyl sites for hydroxylation is 1. The van der Waals surface area contributed by atoms with Gasteiger partial charge in [-0.3, -0.25) is 0 Å². The molecule has 0 N–H and O–H groups in total. The molecule has 0 aliphatic carbocycles. The minimum atomic E-state index is -4.03. The zero-order chi connectivity index (χ0) is 16.6. The van der Waals surface area contributed by atoms with Crippen LogP contribution in [-0.4, -0.2) is 8.42 Å². The van der Waals surface area contributed by atoms with Gasteiger partial charge >= 0.3 is 15.7 Å². The Hall–Kier alpha value is -2.31. The number of benzene rings is 2. The van der Waals surface area contributed by atoms with Crippen molar-refractivity contribution in [3.05, 3.63) is 69.5 Å². The van der Waals surface area contributed by atoms with Crippen LogP contribution in [0.25, 0.3) is 11.0 Å². The summed E-state index contributed by atoms with van der Waals surface area (Å²) in [6.45, 7) is 1.73. The fraction of sp³-hybridized carbons (Fsp3) is 0.0625. The molecule has 0 aliphatic rings. The molecule has 7 heteroatoms. The molecular weight excluding hydrogens is 340 g/mol. The summed E-state index contributed by atoms with van der Waals surface area (Å²) in [5.41, 5.74) is 0.350. The molecule has 3 rings (SSSR count). The Morgan fingerprint density at radius 1 is 1.09 bits per heavy atom. The van der Waals surface area contributed by atoms with E-state index in [4.69, 9.17) is 20.2 Å². The molecule has 23 heavy (non-hydrogen) atoms. The molecule has 0 bridgehead atoms. The van der Waals surface area contributed by atoms with Gasteiger partial charge in [-0.25, -0.2) is 4.79 Å². The van der Waals surface area contributed by atoms with Crippen molar-refractivity contribution >= 4 is 32.7 Å². The van der Waals surface area contributed by atoms with Gasteiger partial charge in [0.15, 0.2) is 5.75 Å². The molecule has 2 aromatic carbocycles. The summed E-state index contributed by atoms with van der Waals surface area (Å²) < 4.78 is 34.7. The van der Waals surface area contributed by atoms with Crippen molar-refractivity contribution in [2.24, 2.45) is 0 Å². The highest BCUT2D eigenvalue weighted by atomic mass is 35.5. The monoisotopic (exact) mass is 350 g/mol. The van der Waals surface area contributed by atoms with Gasteiger partial charge < -0.3 is 8.60 Å². The maximum atomic E-state index is 12.3. The van der Waals surface area contributed by atoms with Crippen LogP contribution >= 0.6 is 11.6 Å². The van der Waals surface area contributed by atoms with Crippen LogP contribution in [0.5, 0.6) is 5.75 Å². The van der Waals surface area contributed by atoms with Gasteiger partial charge in [-0.1, -0.05) is 29.8 Å². The van der Waals surface area contributed by atoms with E-state index < -0.39 is 15.7 Å². The predicted octanol–water partition coefficient (Wildman–Crippen LogP) is 3.52. The normalized spacial score (nSPS) is 11.6. The Kier molecular flexibility index (Phi) is 3.87. The molecule has 0 saturated heterocycles. The molecule has 0 saturated carbocycles. The summed E-state index contributed by atoms with van der Waals surface area (Å²) in [7, 11) is -4.03. The van der Waals surface area contributed by atoms with Crippen molar-refractivity contribution in [1.29, 1.82) is 0 Å². The third kappa shape index (κ3) is 3.09. The highest BCUT2D eigenvalue weighted by Gasteiger charge is 2.19. The number of hydrogen-bond acceptors (Lipinski definition) is 5. The average molecular weight is 351 g/mol. The van der Waals surface area contributed by atoms with Crippen LogP contribution in [-0.2, 0) is 10.1 Å². The minimum absolute atomic E-state index is 0.00172. The lowest BCUT2D eigenvalue weighted by atomic mass is 10.1. The molecule has 3 aromatic rings. The second-order valence-electron chi connectivity index (χ2n) is 4.88. The van der Waals surface area contributed by atoms with Crippen LogP contribution in [0.4, 0.5) is 0 Å². The predicted molar refractivity (Wildman–Crippen MR) is 86.5 cm³/mol. The van der Waals surface area contributed by atoms with Gasteiger partial charge in [-0.15, -0.1) is 0 Å². The molecular formula is C16H11ClO5S. The quantitative estimate of drug-likeness (QED) is 0.533. The highest BCUT2D eigenvalue weighted by molar-refractivity contribution is 7.87. The number of halogens is 1. The van der Waals surface area contributed by atoms with Crippen molar-refractivity contribution < 1.29 is 17.0 Å². The van der Waals surface area contributed by atoms with Crippen molar-refractivity contribution in [3.63, 3.8) is 0 Å². The fourth-order valence-corrected chi connectivity index (χ4v) is 3.35. The van der Waals surface area contributed by atoms with E-state index in [1.54, 1.807) is 25.1 Å². The lowest BCUT2D eigenvalue weighted by molar-refractivity contribution is 0.485. The topological polar surface area (TPSA) is 73.6 Å². The SMILES string of the molecule is Cc1cc(=O)oc2cc(OS(=O)(=O)c3ccccc3)c(Cl)cc12. The van der Waals surface area contributed by atoms with Gasteiger partial charge in [0.25, 0.3) is 0 Å². The van der Waals surface area contributed by atoms with Crippen molar-refractivity contribution in [2.75, 3.05) is 0 Å². The molecule has 118 valence electrons. The molecule has 0 unspecified atom stereocenters. The average Bonchev–Trinajstić information content (AvgIpc) is 2.50. The van der Waals surface area contributed by atoms with E-state index in [9.17, 15) is 13.2 Å². The van der Waals surface area contributed by atoms with Crippen LogP contribution in [0.1, 0.15) is 5.56 Å². The second-order valence-corrected chi connectivity index (χ2v) is 6.83. The standard InChI is InChI=1S/C16H11ClO5S/c1-10-7-16(18)21-14-9-15(13(17)8-12(10)14)22-23(19,20)11-5-3-2-4-6-11/h2-9H,1H3. The summed E-state index contributed by atoms with van der Waals surface area (Å²) in [6.07, 6.45) is 0. The van der Waals surface area contributed by atoms with Crippen molar-refractivity contribution in [2.45, 2.75) is 11.8 Å². The molecule has 0 aliphatic heterocycles. The van der Waals surface area contributed by atoms with Gasteiger partial charge in [0, 0.05) is 17.5 Å². The largest absolute Gasteiger partial charge is 0.423 e. The Balaban J connectivity index is 2.10. The van der Waals surface area contributed by atoms with E-state index >= 15 is 0 Å². The van der Waals surface area contributed by atoms with E-state index in [0.717, 1.165) is 0 Å². The first-order valence-electron chi connectivity index (χ1n) is 6.60. The zero-order valence-electron chi connectivity index (χ0n) is 11.9. The van der Waals surface area contributed by atoms with Gasteiger partial charge in [0.05, 0.1) is 5.02 Å². The Morgan fingerprint density at radius 3 is 2.48 bits per heavy atom. The highest BCUT2D eigenvalue weighted by Crippen LogP contribution is 2.32. The first-order chi connectivity index (χ1) is 10.9. The van der Waals surface area contributed by atoms with Crippen LogP contribution in [0.3, 0.4) is 0 Å². The van der Waals surface area contributed by atoms with Crippen LogP contribution in [0.2, 0.25) is 5.02 Å². The Morgan fingerprint density at radius 2 is 1.78 bits per heavy atom. The summed E-state index contributed by atoms with van der Waals surface area (Å²) in [5.74, 6) is -0.100. The smallest absolute Gasteiger partial charge is 0.339 e. The van der Waals surface area contributed by atoms with Crippen LogP contribution in [0.15, 0.2) is 62.6 Å².